The number of nitro groups is 1. The lowest BCUT2D eigenvalue weighted by molar-refractivity contribution is -0.385. The van der Waals surface area contributed by atoms with E-state index in [0.29, 0.717) is 0 Å². The van der Waals surface area contributed by atoms with Crippen LogP contribution in [0, 0.1) is 10.1 Å². The van der Waals surface area contributed by atoms with Crippen LogP contribution in [-0.4, -0.2) is 28.7 Å². The van der Waals surface area contributed by atoms with Gasteiger partial charge in [-0.3, -0.25) is 14.9 Å². The Morgan fingerprint density at radius 3 is 2.71 bits per heavy atom. The molecule has 0 radical (unpaired) electrons. The fraction of sp³-hybridized carbons (Fsp3) is 0.0667. The maximum Gasteiger partial charge on any atom is 0.312 e. The maximum atomic E-state index is 11.6. The molecule has 0 atom stereocenters. The molecule has 0 bridgehead atoms. The summed E-state index contributed by atoms with van der Waals surface area (Å²) in [5.41, 5.74) is 2.50. The highest BCUT2D eigenvalue weighted by Gasteiger charge is 2.17. The minimum Gasteiger partial charge on any atom is -0.502 e. The Morgan fingerprint density at radius 2 is 2.04 bits per heavy atom. The van der Waals surface area contributed by atoms with Gasteiger partial charge in [0.15, 0.2) is 0 Å². The lowest BCUT2D eigenvalue weighted by atomic mass is 10.2. The van der Waals surface area contributed by atoms with Gasteiger partial charge < -0.3 is 10.4 Å². The van der Waals surface area contributed by atoms with Gasteiger partial charge in [0.05, 0.1) is 17.7 Å². The van der Waals surface area contributed by atoms with Gasteiger partial charge in [-0.05, 0) is 18.2 Å². The standard InChI is InChI=1S/C15H13ClN4O4/c16-11-6-10(15(22)13(7-11)20(23)24)8-18-19-14(21)9-17-12-4-2-1-3-5-12/h1-8,17,22H,9H2,(H,19,21)/b18-8+. The van der Waals surface area contributed by atoms with Crippen LogP contribution in [-0.2, 0) is 4.79 Å². The van der Waals surface area contributed by atoms with E-state index in [-0.39, 0.29) is 17.1 Å². The number of phenolic OH excluding ortho intramolecular Hbond substituents is 1. The Kier molecular flexibility index (Phi) is 5.69. The maximum absolute atomic E-state index is 11.6. The first kappa shape index (κ1) is 17.2. The van der Waals surface area contributed by atoms with Crippen LogP contribution in [0.5, 0.6) is 5.75 Å². The second-order valence-corrected chi connectivity index (χ2v) is 5.07. The highest BCUT2D eigenvalue weighted by Crippen LogP contribution is 2.32. The number of hydrogen-bond acceptors (Lipinski definition) is 6. The predicted molar refractivity (Wildman–Crippen MR) is 90.4 cm³/mol. The van der Waals surface area contributed by atoms with Crippen molar-refractivity contribution in [3.05, 3.63) is 63.2 Å². The van der Waals surface area contributed by atoms with Crippen LogP contribution in [0.3, 0.4) is 0 Å². The number of hydrazone groups is 1. The molecule has 0 aliphatic rings. The summed E-state index contributed by atoms with van der Waals surface area (Å²) in [7, 11) is 0. The highest BCUT2D eigenvalue weighted by molar-refractivity contribution is 6.31. The zero-order chi connectivity index (χ0) is 17.5. The van der Waals surface area contributed by atoms with Gasteiger partial charge in [0.1, 0.15) is 0 Å². The van der Waals surface area contributed by atoms with Crippen molar-refractivity contribution in [2.75, 3.05) is 11.9 Å². The van der Waals surface area contributed by atoms with Crippen molar-refractivity contribution in [1.29, 1.82) is 0 Å². The zero-order valence-electron chi connectivity index (χ0n) is 12.3. The third-order valence-electron chi connectivity index (χ3n) is 2.90. The smallest absolute Gasteiger partial charge is 0.312 e. The summed E-state index contributed by atoms with van der Waals surface area (Å²) >= 11 is 5.75. The van der Waals surface area contributed by atoms with E-state index in [1.165, 1.54) is 6.07 Å². The average Bonchev–Trinajstić information content (AvgIpc) is 2.56. The molecular formula is C15H13ClN4O4. The van der Waals surface area contributed by atoms with Crippen LogP contribution in [0.15, 0.2) is 47.6 Å². The van der Waals surface area contributed by atoms with Crippen LogP contribution in [0.25, 0.3) is 0 Å². The summed E-state index contributed by atoms with van der Waals surface area (Å²) in [6.07, 6.45) is 1.08. The number of nitrogens with one attached hydrogen (secondary N) is 2. The summed E-state index contributed by atoms with van der Waals surface area (Å²) in [4.78, 5) is 21.7. The Hall–Kier alpha value is -3.13. The van der Waals surface area contributed by atoms with Crippen molar-refractivity contribution >= 4 is 35.1 Å². The second kappa shape index (κ2) is 7.93. The molecule has 124 valence electrons. The van der Waals surface area contributed by atoms with Gasteiger partial charge in [-0.2, -0.15) is 5.10 Å². The Bertz CT molecular complexity index is 781. The number of halogens is 1. The van der Waals surface area contributed by atoms with Crippen LogP contribution in [0.1, 0.15) is 5.56 Å². The molecule has 0 unspecified atom stereocenters. The minimum absolute atomic E-state index is 0.0109. The van der Waals surface area contributed by atoms with Crippen molar-refractivity contribution in [3.63, 3.8) is 0 Å². The lowest BCUT2D eigenvalue weighted by Crippen LogP contribution is -2.25. The molecule has 0 saturated heterocycles. The quantitative estimate of drug-likeness (QED) is 0.421. The number of nitrogens with zero attached hydrogens (tertiary/aromatic N) is 2. The molecule has 9 heteroatoms. The highest BCUT2D eigenvalue weighted by atomic mass is 35.5. The molecular weight excluding hydrogens is 336 g/mol. The monoisotopic (exact) mass is 348 g/mol. The van der Waals surface area contributed by atoms with Crippen LogP contribution < -0.4 is 10.7 Å². The van der Waals surface area contributed by atoms with E-state index in [1.54, 1.807) is 12.1 Å². The number of nitro benzene ring substituents is 1. The molecule has 0 aromatic heterocycles. The fourth-order valence-corrected chi connectivity index (χ4v) is 2.02. The number of para-hydroxylation sites is 1. The van der Waals surface area contributed by atoms with E-state index in [0.717, 1.165) is 18.0 Å². The van der Waals surface area contributed by atoms with E-state index < -0.39 is 22.3 Å². The van der Waals surface area contributed by atoms with Crippen molar-refractivity contribution < 1.29 is 14.8 Å². The first-order valence-electron chi connectivity index (χ1n) is 6.75. The summed E-state index contributed by atoms with van der Waals surface area (Å²) in [5, 5.41) is 27.2. The number of amides is 1. The van der Waals surface area contributed by atoms with E-state index in [2.05, 4.69) is 15.8 Å². The predicted octanol–water partition coefficient (Wildman–Crippen LogP) is 2.52. The van der Waals surface area contributed by atoms with Crippen molar-refractivity contribution in [2.24, 2.45) is 5.10 Å². The number of rotatable bonds is 6. The molecule has 24 heavy (non-hydrogen) atoms. The van der Waals surface area contributed by atoms with Gasteiger partial charge in [0.2, 0.25) is 5.75 Å². The van der Waals surface area contributed by atoms with Crippen LogP contribution >= 0.6 is 11.6 Å². The lowest BCUT2D eigenvalue weighted by Gasteiger charge is -2.05. The first-order valence-corrected chi connectivity index (χ1v) is 7.13. The van der Waals surface area contributed by atoms with Gasteiger partial charge >= 0.3 is 5.69 Å². The van der Waals surface area contributed by atoms with E-state index in [4.69, 9.17) is 11.6 Å². The summed E-state index contributed by atoms with van der Waals surface area (Å²) in [5.74, 6) is -1.00. The molecule has 0 fully saturated rings. The third kappa shape index (κ3) is 4.68. The van der Waals surface area contributed by atoms with E-state index in [9.17, 15) is 20.0 Å². The zero-order valence-corrected chi connectivity index (χ0v) is 13.0. The SMILES string of the molecule is O=C(CNc1ccccc1)N/N=C/c1cc(Cl)cc([N+](=O)[O-])c1O. The number of carbonyl (C=O) groups is 1. The molecule has 0 aliphatic heterocycles. The molecule has 3 N–H and O–H groups in total. The summed E-state index contributed by atoms with van der Waals surface area (Å²) < 4.78 is 0. The number of benzene rings is 2. The van der Waals surface area contributed by atoms with Gasteiger partial charge in [0.25, 0.3) is 5.91 Å². The van der Waals surface area contributed by atoms with Crippen molar-refractivity contribution in [2.45, 2.75) is 0 Å². The summed E-state index contributed by atoms with van der Waals surface area (Å²) in [6, 6.07) is 11.4. The second-order valence-electron chi connectivity index (χ2n) is 4.63. The molecule has 2 rings (SSSR count). The molecule has 2 aromatic carbocycles. The Labute approximate surface area is 141 Å². The Balaban J connectivity index is 1.96. The van der Waals surface area contributed by atoms with Gasteiger partial charge in [-0.1, -0.05) is 29.8 Å². The van der Waals surface area contributed by atoms with Crippen molar-refractivity contribution in [3.8, 4) is 5.75 Å². The number of anilines is 1. The van der Waals surface area contributed by atoms with Crippen LogP contribution in [0.4, 0.5) is 11.4 Å². The van der Waals surface area contributed by atoms with Gasteiger partial charge in [0, 0.05) is 22.3 Å². The molecule has 0 spiro atoms. The largest absolute Gasteiger partial charge is 0.502 e. The molecule has 0 aliphatic carbocycles. The molecule has 1 amide bonds. The molecule has 0 heterocycles. The Morgan fingerprint density at radius 1 is 1.33 bits per heavy atom. The number of phenols is 1. The van der Waals surface area contributed by atoms with Crippen molar-refractivity contribution in [1.82, 2.24) is 5.43 Å². The third-order valence-corrected chi connectivity index (χ3v) is 3.12. The minimum atomic E-state index is -0.763. The van der Waals surface area contributed by atoms with E-state index >= 15 is 0 Å². The van der Waals surface area contributed by atoms with E-state index in [1.807, 2.05) is 18.2 Å². The van der Waals surface area contributed by atoms with Crippen LogP contribution in [0.2, 0.25) is 5.02 Å². The first-order chi connectivity index (χ1) is 11.5. The molecule has 2 aromatic rings. The fourth-order valence-electron chi connectivity index (χ4n) is 1.79. The molecule has 8 nitrogen and oxygen atoms in total. The average molecular weight is 349 g/mol. The topological polar surface area (TPSA) is 117 Å². The summed E-state index contributed by atoms with van der Waals surface area (Å²) in [6.45, 7) is -0.0109. The normalized spacial score (nSPS) is 10.5. The van der Waals surface area contributed by atoms with Gasteiger partial charge in [-0.15, -0.1) is 0 Å². The number of hydrogen-bond donors (Lipinski definition) is 3. The molecule has 0 saturated carbocycles. The van der Waals surface area contributed by atoms with Gasteiger partial charge in [-0.25, -0.2) is 5.43 Å². The number of carbonyl (C=O) groups excluding carboxylic acids is 1. The number of aromatic hydroxyl groups is 1.